The van der Waals surface area contributed by atoms with Crippen LogP contribution in [0.15, 0.2) is 12.1 Å². The van der Waals surface area contributed by atoms with Gasteiger partial charge in [-0.25, -0.2) is 0 Å². The zero-order chi connectivity index (χ0) is 14.0. The minimum absolute atomic E-state index is 0.276. The predicted molar refractivity (Wildman–Crippen MR) is 79.0 cm³/mol. The monoisotopic (exact) mass is 278 g/mol. The molecule has 2 N–H and O–H groups in total. The fourth-order valence-corrected chi connectivity index (χ4v) is 2.96. The molecule has 1 aromatic rings. The van der Waals surface area contributed by atoms with Gasteiger partial charge in [-0.15, -0.1) is 0 Å². The quantitative estimate of drug-likeness (QED) is 0.869. The first-order valence-corrected chi connectivity index (χ1v) is 7.08. The lowest BCUT2D eigenvalue weighted by Crippen LogP contribution is -2.40. The summed E-state index contributed by atoms with van der Waals surface area (Å²) in [4.78, 5) is 0. The zero-order valence-electron chi connectivity index (χ0n) is 12.1. The van der Waals surface area contributed by atoms with E-state index in [0.29, 0.717) is 0 Å². The number of fused-ring (bicyclic) bond motifs is 1. The van der Waals surface area contributed by atoms with E-state index in [9.17, 15) is 0 Å². The summed E-state index contributed by atoms with van der Waals surface area (Å²) >= 11 is 0. The third kappa shape index (κ3) is 2.38. The number of hydrogen-bond donors (Lipinski definition) is 2. The van der Waals surface area contributed by atoms with Crippen molar-refractivity contribution in [3.8, 4) is 11.5 Å². The molecular weight excluding hydrogens is 256 g/mol. The summed E-state index contributed by atoms with van der Waals surface area (Å²) in [5.41, 5.74) is 2.43. The van der Waals surface area contributed by atoms with Crippen LogP contribution in [0.3, 0.4) is 0 Å². The van der Waals surface area contributed by atoms with Gasteiger partial charge in [0.15, 0.2) is 11.5 Å². The Morgan fingerprint density at radius 3 is 1.90 bits per heavy atom. The fraction of sp³-hybridized carbons (Fsp3) is 0.600. The SMILES string of the molecule is COc1cc2c(cc1OC)NCC1(CCOCC1)CN2. The molecule has 0 bridgehead atoms. The van der Waals surface area contributed by atoms with Crippen LogP contribution in [0.2, 0.25) is 0 Å². The van der Waals surface area contributed by atoms with Gasteiger partial charge in [-0.2, -0.15) is 0 Å². The van der Waals surface area contributed by atoms with E-state index in [2.05, 4.69) is 10.6 Å². The highest BCUT2D eigenvalue weighted by molar-refractivity contribution is 5.75. The first kappa shape index (κ1) is 13.4. The minimum Gasteiger partial charge on any atom is -0.493 e. The van der Waals surface area contributed by atoms with Crippen molar-refractivity contribution in [2.45, 2.75) is 12.8 Å². The highest BCUT2D eigenvalue weighted by atomic mass is 16.5. The highest BCUT2D eigenvalue weighted by Gasteiger charge is 2.34. The molecule has 0 unspecified atom stereocenters. The van der Waals surface area contributed by atoms with Crippen molar-refractivity contribution >= 4 is 11.4 Å². The molecule has 3 rings (SSSR count). The van der Waals surface area contributed by atoms with E-state index in [1.807, 2.05) is 12.1 Å². The maximum Gasteiger partial charge on any atom is 0.162 e. The first-order chi connectivity index (χ1) is 9.76. The average molecular weight is 278 g/mol. The topological polar surface area (TPSA) is 51.8 Å². The Labute approximate surface area is 119 Å². The van der Waals surface area contributed by atoms with Gasteiger partial charge in [0.2, 0.25) is 0 Å². The molecule has 2 aliphatic heterocycles. The average Bonchev–Trinajstić information content (AvgIpc) is 2.67. The Morgan fingerprint density at radius 2 is 1.45 bits per heavy atom. The lowest BCUT2D eigenvalue weighted by molar-refractivity contribution is 0.0276. The first-order valence-electron chi connectivity index (χ1n) is 7.08. The lowest BCUT2D eigenvalue weighted by Gasteiger charge is -2.36. The van der Waals surface area contributed by atoms with Gasteiger partial charge in [-0.1, -0.05) is 0 Å². The van der Waals surface area contributed by atoms with Gasteiger partial charge in [0.25, 0.3) is 0 Å². The molecule has 0 aliphatic carbocycles. The van der Waals surface area contributed by atoms with E-state index in [0.717, 1.165) is 62.0 Å². The van der Waals surface area contributed by atoms with E-state index in [1.54, 1.807) is 14.2 Å². The minimum atomic E-state index is 0.276. The van der Waals surface area contributed by atoms with Crippen LogP contribution in [0.25, 0.3) is 0 Å². The van der Waals surface area contributed by atoms with Crippen LogP contribution < -0.4 is 20.1 Å². The molecule has 0 aromatic heterocycles. The molecule has 1 fully saturated rings. The summed E-state index contributed by atoms with van der Waals surface area (Å²) in [6, 6.07) is 4.00. The van der Waals surface area contributed by atoms with Crippen LogP contribution in [0.5, 0.6) is 11.5 Å². The van der Waals surface area contributed by atoms with Gasteiger partial charge in [-0.05, 0) is 12.8 Å². The van der Waals surface area contributed by atoms with Crippen LogP contribution in [0.1, 0.15) is 12.8 Å². The van der Waals surface area contributed by atoms with Crippen LogP contribution >= 0.6 is 0 Å². The molecule has 1 saturated heterocycles. The summed E-state index contributed by atoms with van der Waals surface area (Å²) in [7, 11) is 3.32. The van der Waals surface area contributed by atoms with Gasteiger partial charge < -0.3 is 24.8 Å². The van der Waals surface area contributed by atoms with E-state index in [1.165, 1.54) is 0 Å². The highest BCUT2D eigenvalue weighted by Crippen LogP contribution is 2.41. The number of nitrogens with one attached hydrogen (secondary N) is 2. The van der Waals surface area contributed by atoms with Crippen LogP contribution in [-0.2, 0) is 4.74 Å². The van der Waals surface area contributed by atoms with Crippen LogP contribution in [-0.4, -0.2) is 40.5 Å². The lowest BCUT2D eigenvalue weighted by atomic mass is 9.80. The second kappa shape index (κ2) is 5.40. The molecule has 110 valence electrons. The summed E-state index contributed by atoms with van der Waals surface area (Å²) < 4.78 is 16.2. The van der Waals surface area contributed by atoms with Crippen molar-refractivity contribution in [1.82, 2.24) is 0 Å². The molecule has 0 radical (unpaired) electrons. The Hall–Kier alpha value is -1.62. The van der Waals surface area contributed by atoms with Crippen molar-refractivity contribution < 1.29 is 14.2 Å². The van der Waals surface area contributed by atoms with Crippen molar-refractivity contribution in [2.24, 2.45) is 5.41 Å². The second-order valence-corrected chi connectivity index (χ2v) is 5.57. The van der Waals surface area contributed by atoms with Gasteiger partial charge in [-0.3, -0.25) is 0 Å². The molecule has 20 heavy (non-hydrogen) atoms. The zero-order valence-corrected chi connectivity index (χ0v) is 12.1. The Bertz CT molecular complexity index is 447. The van der Waals surface area contributed by atoms with Gasteiger partial charge >= 0.3 is 0 Å². The summed E-state index contributed by atoms with van der Waals surface area (Å²) in [6.07, 6.45) is 2.19. The molecule has 5 nitrogen and oxygen atoms in total. The molecule has 1 spiro atoms. The third-order valence-electron chi connectivity index (χ3n) is 4.38. The third-order valence-corrected chi connectivity index (χ3v) is 4.38. The molecular formula is C15H22N2O3. The summed E-state index contributed by atoms with van der Waals surface area (Å²) in [6.45, 7) is 3.64. The number of rotatable bonds is 2. The molecule has 5 heteroatoms. The molecule has 1 aromatic carbocycles. The van der Waals surface area contributed by atoms with Crippen molar-refractivity contribution in [2.75, 3.05) is 51.2 Å². The van der Waals surface area contributed by atoms with Crippen molar-refractivity contribution in [3.05, 3.63) is 12.1 Å². The molecule has 2 heterocycles. The smallest absolute Gasteiger partial charge is 0.162 e. The standard InChI is InChI=1S/C15H22N2O3/c1-18-13-7-11-12(8-14(13)19-2)17-10-15(9-16-11)3-5-20-6-4-15/h7-8,16-17H,3-6,9-10H2,1-2H3. The maximum atomic E-state index is 5.49. The Kier molecular flexibility index (Phi) is 3.61. The Balaban J connectivity index is 1.86. The number of methoxy groups -OCH3 is 2. The molecule has 0 atom stereocenters. The molecule has 0 amide bonds. The van der Waals surface area contributed by atoms with Gasteiger partial charge in [0, 0.05) is 43.9 Å². The second-order valence-electron chi connectivity index (χ2n) is 5.57. The van der Waals surface area contributed by atoms with Gasteiger partial charge in [0.1, 0.15) is 0 Å². The van der Waals surface area contributed by atoms with Crippen molar-refractivity contribution in [3.63, 3.8) is 0 Å². The summed E-state index contributed by atoms with van der Waals surface area (Å²) in [5.74, 6) is 1.51. The summed E-state index contributed by atoms with van der Waals surface area (Å²) in [5, 5.41) is 7.12. The van der Waals surface area contributed by atoms with E-state index >= 15 is 0 Å². The van der Waals surface area contributed by atoms with Crippen molar-refractivity contribution in [1.29, 1.82) is 0 Å². The van der Waals surface area contributed by atoms with Crippen LogP contribution in [0.4, 0.5) is 11.4 Å². The fourth-order valence-electron chi connectivity index (χ4n) is 2.96. The molecule has 2 aliphatic rings. The van der Waals surface area contributed by atoms with E-state index in [-0.39, 0.29) is 5.41 Å². The normalized spacial score (nSPS) is 20.3. The largest absolute Gasteiger partial charge is 0.493 e. The van der Waals surface area contributed by atoms with E-state index < -0.39 is 0 Å². The number of anilines is 2. The number of ether oxygens (including phenoxy) is 3. The number of benzene rings is 1. The van der Waals surface area contributed by atoms with Gasteiger partial charge in [0.05, 0.1) is 25.6 Å². The molecule has 0 saturated carbocycles. The predicted octanol–water partition coefficient (Wildman–Crippen LogP) is 2.34. The van der Waals surface area contributed by atoms with E-state index in [4.69, 9.17) is 14.2 Å². The number of hydrogen-bond acceptors (Lipinski definition) is 5. The van der Waals surface area contributed by atoms with Crippen LogP contribution in [0, 0.1) is 5.41 Å². The maximum absolute atomic E-state index is 5.49. The Morgan fingerprint density at radius 1 is 0.950 bits per heavy atom.